The van der Waals surface area contributed by atoms with Crippen LogP contribution in [-0.4, -0.2) is 38.2 Å². The highest BCUT2D eigenvalue weighted by Gasteiger charge is 2.47. The van der Waals surface area contributed by atoms with Gasteiger partial charge < -0.3 is 15.2 Å². The van der Waals surface area contributed by atoms with Crippen LogP contribution in [0.4, 0.5) is 4.39 Å². The van der Waals surface area contributed by atoms with Gasteiger partial charge in [0.05, 0.1) is 17.3 Å². The van der Waals surface area contributed by atoms with Gasteiger partial charge in [-0.25, -0.2) is 9.37 Å². The number of rotatable bonds is 5. The number of hydrogen-bond donors (Lipinski definition) is 3. The number of imidazole rings is 1. The van der Waals surface area contributed by atoms with Crippen molar-refractivity contribution in [2.75, 3.05) is 13.1 Å². The Labute approximate surface area is 180 Å². The molecule has 1 aliphatic rings. The van der Waals surface area contributed by atoms with Gasteiger partial charge in [-0.3, -0.25) is 4.90 Å². The minimum Gasteiger partial charge on any atom is -0.385 e. The van der Waals surface area contributed by atoms with Crippen LogP contribution < -0.4 is 0 Å². The van der Waals surface area contributed by atoms with Crippen molar-refractivity contribution in [1.82, 2.24) is 14.9 Å². The van der Waals surface area contributed by atoms with Gasteiger partial charge >= 0.3 is 0 Å². The summed E-state index contributed by atoms with van der Waals surface area (Å²) in [4.78, 5) is 9.28. The van der Waals surface area contributed by atoms with E-state index in [1.807, 2.05) is 38.1 Å². The third kappa shape index (κ3) is 3.86. The van der Waals surface area contributed by atoms with Crippen molar-refractivity contribution >= 4 is 0 Å². The molecule has 160 valence electrons. The minimum absolute atomic E-state index is 0.0664. The molecule has 2 heterocycles. The van der Waals surface area contributed by atoms with E-state index in [1.165, 1.54) is 0 Å². The maximum Gasteiger partial charge on any atom is 0.161 e. The van der Waals surface area contributed by atoms with E-state index in [2.05, 4.69) is 9.97 Å². The molecule has 0 amide bonds. The zero-order valence-corrected chi connectivity index (χ0v) is 17.7. The topological polar surface area (TPSA) is 96.2 Å². The lowest BCUT2D eigenvalue weighted by atomic mass is 9.86. The summed E-state index contributed by atoms with van der Waals surface area (Å²) in [5.74, 6) is 0.491. The van der Waals surface area contributed by atoms with Crippen LogP contribution in [0, 0.1) is 25.2 Å². The SMILES string of the molecule is Cc1ccc(C(O)N2CC(F)(c3ccc(C#N)cc3)C2)cc1-c1nc(C(C)O)[nH]c1C. The fraction of sp³-hybridized carbons (Fsp3) is 0.333. The zero-order chi connectivity index (χ0) is 22.3. The summed E-state index contributed by atoms with van der Waals surface area (Å²) >= 11 is 0. The number of H-pyrrole nitrogens is 1. The van der Waals surface area contributed by atoms with Gasteiger partial charge in [-0.05, 0) is 55.7 Å². The predicted octanol–water partition coefficient (Wildman–Crippen LogP) is 3.79. The molecular formula is C24H25FN4O2. The first kappa shape index (κ1) is 21.2. The molecule has 31 heavy (non-hydrogen) atoms. The fourth-order valence-corrected chi connectivity index (χ4v) is 4.01. The Balaban J connectivity index is 1.54. The molecule has 0 bridgehead atoms. The Morgan fingerprint density at radius 3 is 2.42 bits per heavy atom. The van der Waals surface area contributed by atoms with Gasteiger partial charge in [-0.1, -0.05) is 24.3 Å². The van der Waals surface area contributed by atoms with Gasteiger partial charge in [-0.2, -0.15) is 5.26 Å². The summed E-state index contributed by atoms with van der Waals surface area (Å²) in [6, 6.07) is 14.1. The maximum atomic E-state index is 15.3. The molecular weight excluding hydrogens is 395 g/mol. The molecule has 2 atom stereocenters. The smallest absolute Gasteiger partial charge is 0.161 e. The van der Waals surface area contributed by atoms with Gasteiger partial charge in [0.25, 0.3) is 0 Å². The first-order chi connectivity index (χ1) is 14.7. The number of likely N-dealkylation sites (tertiary alicyclic amines) is 1. The van der Waals surface area contributed by atoms with Crippen molar-refractivity contribution in [3.63, 3.8) is 0 Å². The van der Waals surface area contributed by atoms with E-state index < -0.39 is 18.0 Å². The number of aliphatic hydroxyl groups is 2. The highest BCUT2D eigenvalue weighted by atomic mass is 19.1. The van der Waals surface area contributed by atoms with Crippen molar-refractivity contribution in [1.29, 1.82) is 5.26 Å². The molecule has 3 N–H and O–H groups in total. The summed E-state index contributed by atoms with van der Waals surface area (Å²) in [6.45, 7) is 5.63. The highest BCUT2D eigenvalue weighted by molar-refractivity contribution is 5.67. The van der Waals surface area contributed by atoms with Crippen molar-refractivity contribution in [3.8, 4) is 17.3 Å². The molecule has 1 fully saturated rings. The van der Waals surface area contributed by atoms with E-state index in [-0.39, 0.29) is 13.1 Å². The maximum absolute atomic E-state index is 15.3. The van der Waals surface area contributed by atoms with E-state index in [0.29, 0.717) is 22.5 Å². The summed E-state index contributed by atoms with van der Waals surface area (Å²) < 4.78 is 15.3. The molecule has 3 aromatic rings. The van der Waals surface area contributed by atoms with Crippen molar-refractivity contribution in [2.45, 2.75) is 38.8 Å². The monoisotopic (exact) mass is 420 g/mol. The lowest BCUT2D eigenvalue weighted by molar-refractivity contribution is -0.129. The lowest BCUT2D eigenvalue weighted by Gasteiger charge is -2.47. The quantitative estimate of drug-likeness (QED) is 0.584. The first-order valence-electron chi connectivity index (χ1n) is 10.2. The summed E-state index contributed by atoms with van der Waals surface area (Å²) in [5, 5.41) is 29.6. The van der Waals surface area contributed by atoms with Crippen LogP contribution in [0.2, 0.25) is 0 Å². The van der Waals surface area contributed by atoms with Crippen molar-refractivity contribution in [2.24, 2.45) is 0 Å². The second kappa shape index (κ2) is 7.89. The first-order valence-corrected chi connectivity index (χ1v) is 10.2. The number of hydrogen-bond acceptors (Lipinski definition) is 5. The molecule has 1 saturated heterocycles. The molecule has 7 heteroatoms. The van der Waals surface area contributed by atoms with Crippen molar-refractivity contribution in [3.05, 3.63) is 76.2 Å². The predicted molar refractivity (Wildman–Crippen MR) is 115 cm³/mol. The Morgan fingerprint density at radius 1 is 1.16 bits per heavy atom. The third-order valence-electron chi connectivity index (χ3n) is 5.90. The second-order valence-electron chi connectivity index (χ2n) is 8.28. The van der Waals surface area contributed by atoms with Gasteiger partial charge in [-0.15, -0.1) is 0 Å². The fourth-order valence-electron chi connectivity index (χ4n) is 4.01. The molecule has 0 aliphatic carbocycles. The Morgan fingerprint density at radius 2 is 1.84 bits per heavy atom. The number of aryl methyl sites for hydroxylation is 2. The third-order valence-corrected chi connectivity index (χ3v) is 5.90. The van der Waals surface area contributed by atoms with E-state index in [4.69, 9.17) is 5.26 Å². The number of aliphatic hydroxyl groups excluding tert-OH is 2. The average Bonchev–Trinajstić information content (AvgIpc) is 3.13. The largest absolute Gasteiger partial charge is 0.385 e. The Bertz CT molecular complexity index is 1140. The molecule has 1 aromatic heterocycles. The van der Waals surface area contributed by atoms with Gasteiger partial charge in [0.1, 0.15) is 18.2 Å². The van der Waals surface area contributed by atoms with Crippen molar-refractivity contribution < 1.29 is 14.6 Å². The normalized spacial score (nSPS) is 17.6. The number of nitriles is 1. The number of benzene rings is 2. The molecule has 6 nitrogen and oxygen atoms in total. The lowest BCUT2D eigenvalue weighted by Crippen LogP contribution is -2.57. The standard InChI is InChI=1S/C24H25FN4O2/c1-14-4-7-18(10-20(14)21-15(2)27-22(28-21)16(3)30)23(31)29-12-24(25,13-29)19-8-5-17(11-26)6-9-19/h4-10,16,23,30-31H,12-13H2,1-3H3,(H,27,28). The number of halogens is 1. The molecule has 0 spiro atoms. The molecule has 4 rings (SSSR count). The second-order valence-corrected chi connectivity index (χ2v) is 8.28. The number of aromatic amines is 1. The van der Waals surface area contributed by atoms with E-state index >= 15 is 4.39 Å². The van der Waals surface area contributed by atoms with E-state index in [9.17, 15) is 10.2 Å². The van der Waals surface area contributed by atoms with Crippen LogP contribution in [-0.2, 0) is 5.67 Å². The van der Waals surface area contributed by atoms with Gasteiger partial charge in [0.2, 0.25) is 0 Å². The van der Waals surface area contributed by atoms with Gasteiger partial charge in [0, 0.05) is 24.3 Å². The Kier molecular flexibility index (Phi) is 5.40. The number of aromatic nitrogens is 2. The number of nitrogens with zero attached hydrogens (tertiary/aromatic N) is 3. The van der Waals surface area contributed by atoms with E-state index in [1.54, 1.807) is 36.1 Å². The molecule has 2 aromatic carbocycles. The van der Waals surface area contributed by atoms with Gasteiger partial charge in [0.15, 0.2) is 5.67 Å². The number of alkyl halides is 1. The average molecular weight is 420 g/mol. The van der Waals surface area contributed by atoms with E-state index in [0.717, 1.165) is 22.5 Å². The van der Waals surface area contributed by atoms with Crippen LogP contribution in [0.25, 0.3) is 11.3 Å². The minimum atomic E-state index is -1.55. The van der Waals surface area contributed by atoms with Crippen LogP contribution >= 0.6 is 0 Å². The van der Waals surface area contributed by atoms with Crippen LogP contribution in [0.1, 0.15) is 53.0 Å². The summed E-state index contributed by atoms with van der Waals surface area (Å²) in [7, 11) is 0. The molecule has 0 saturated carbocycles. The summed E-state index contributed by atoms with van der Waals surface area (Å²) in [5.41, 5.74) is 3.51. The molecule has 2 unspecified atom stereocenters. The zero-order valence-electron chi connectivity index (χ0n) is 17.7. The highest BCUT2D eigenvalue weighted by Crippen LogP contribution is 2.41. The Hall–Kier alpha value is -3.05. The summed E-state index contributed by atoms with van der Waals surface area (Å²) in [6.07, 6.45) is -1.65. The van der Waals surface area contributed by atoms with Crippen LogP contribution in [0.5, 0.6) is 0 Å². The van der Waals surface area contributed by atoms with Crippen LogP contribution in [0.15, 0.2) is 42.5 Å². The molecule has 0 radical (unpaired) electrons. The number of nitrogens with one attached hydrogen (secondary N) is 1. The van der Waals surface area contributed by atoms with Crippen LogP contribution in [0.3, 0.4) is 0 Å². The molecule has 1 aliphatic heterocycles.